The molecule has 3 aromatic rings. The highest BCUT2D eigenvalue weighted by molar-refractivity contribution is 9.11. The number of fused-ring (bicyclic) bond motifs is 2. The topological polar surface area (TPSA) is 100 Å². The zero-order valence-corrected chi connectivity index (χ0v) is 18.7. The standard InChI is InChI=1S/C21H19BrFN5O4/c1-21(2)31-15-12(8-13(22)23)30-20(16(15)32-21)28-10-26-14-17(24-9-25-18(14)28)27-19(29)11-6-4-3-5-7-11/h3-10,12,15-16,20H,1-2H3,(H,24,25,27,29)/b13-8+/t12-,15-,16-,20-/m1/s1. The molecule has 2 fully saturated rings. The quantitative estimate of drug-likeness (QED) is 0.579. The van der Waals surface area contributed by atoms with Crippen LogP contribution in [0.4, 0.5) is 10.2 Å². The van der Waals surface area contributed by atoms with Crippen molar-refractivity contribution in [2.24, 2.45) is 0 Å². The summed E-state index contributed by atoms with van der Waals surface area (Å²) in [6.07, 6.45) is 1.77. The van der Waals surface area contributed by atoms with Gasteiger partial charge in [-0.05, 0) is 48.0 Å². The summed E-state index contributed by atoms with van der Waals surface area (Å²) in [4.78, 5) is 25.5. The fourth-order valence-corrected chi connectivity index (χ4v) is 4.25. The van der Waals surface area contributed by atoms with Crippen molar-refractivity contribution >= 4 is 38.8 Å². The number of hydrogen-bond acceptors (Lipinski definition) is 7. The first kappa shape index (κ1) is 21.1. The van der Waals surface area contributed by atoms with Crippen molar-refractivity contribution in [2.75, 3.05) is 5.32 Å². The number of anilines is 1. The van der Waals surface area contributed by atoms with Gasteiger partial charge in [0.25, 0.3) is 5.91 Å². The number of hydrogen-bond donors (Lipinski definition) is 1. The van der Waals surface area contributed by atoms with Crippen molar-refractivity contribution in [2.45, 2.75) is 44.2 Å². The molecule has 166 valence electrons. The number of nitrogens with zero attached hydrogens (tertiary/aromatic N) is 4. The second-order valence-electron chi connectivity index (χ2n) is 7.88. The Labute approximate surface area is 190 Å². The van der Waals surface area contributed by atoms with Gasteiger partial charge in [0.15, 0.2) is 33.7 Å². The molecule has 2 aliphatic heterocycles. The molecule has 1 aromatic carbocycles. The zero-order chi connectivity index (χ0) is 22.5. The van der Waals surface area contributed by atoms with E-state index < -0.39 is 35.1 Å². The van der Waals surface area contributed by atoms with Crippen LogP contribution in [-0.4, -0.2) is 49.5 Å². The Bertz CT molecular complexity index is 1200. The highest BCUT2D eigenvalue weighted by atomic mass is 79.9. The average Bonchev–Trinajstić information content (AvgIpc) is 3.40. The Morgan fingerprint density at radius 2 is 1.94 bits per heavy atom. The monoisotopic (exact) mass is 503 g/mol. The van der Waals surface area contributed by atoms with Crippen LogP contribution in [0.25, 0.3) is 11.2 Å². The van der Waals surface area contributed by atoms with Crippen LogP contribution >= 0.6 is 15.9 Å². The van der Waals surface area contributed by atoms with Crippen molar-refractivity contribution in [3.63, 3.8) is 0 Å². The molecule has 0 bridgehead atoms. The van der Waals surface area contributed by atoms with Crippen molar-refractivity contribution < 1.29 is 23.4 Å². The Balaban J connectivity index is 1.48. The van der Waals surface area contributed by atoms with E-state index in [0.29, 0.717) is 16.7 Å². The minimum absolute atomic E-state index is 0.268. The predicted octanol–water partition coefficient (Wildman–Crippen LogP) is 3.70. The maximum absolute atomic E-state index is 13.6. The molecule has 2 aliphatic rings. The fraction of sp³-hybridized carbons (Fsp3) is 0.333. The van der Waals surface area contributed by atoms with E-state index in [2.05, 4.69) is 36.2 Å². The molecule has 2 saturated heterocycles. The van der Waals surface area contributed by atoms with Gasteiger partial charge in [-0.3, -0.25) is 9.36 Å². The number of halogens is 2. The minimum Gasteiger partial charge on any atom is -0.345 e. The third-order valence-corrected chi connectivity index (χ3v) is 5.52. The number of ether oxygens (including phenoxy) is 3. The normalized spacial score (nSPS) is 26.9. The molecule has 11 heteroatoms. The summed E-state index contributed by atoms with van der Waals surface area (Å²) in [6, 6.07) is 8.79. The van der Waals surface area contributed by atoms with Gasteiger partial charge >= 0.3 is 0 Å². The summed E-state index contributed by atoms with van der Waals surface area (Å²) in [7, 11) is 0. The molecule has 4 heterocycles. The van der Waals surface area contributed by atoms with Gasteiger partial charge in [-0.1, -0.05) is 18.2 Å². The summed E-state index contributed by atoms with van der Waals surface area (Å²) in [5, 5.41) is 2.77. The second kappa shape index (κ2) is 8.00. The van der Waals surface area contributed by atoms with Crippen molar-refractivity contribution in [1.29, 1.82) is 0 Å². The number of imidazole rings is 1. The van der Waals surface area contributed by atoms with E-state index in [1.165, 1.54) is 18.7 Å². The third kappa shape index (κ3) is 3.81. The van der Waals surface area contributed by atoms with E-state index in [0.717, 1.165) is 0 Å². The summed E-state index contributed by atoms with van der Waals surface area (Å²) in [6.45, 7) is 3.58. The Morgan fingerprint density at radius 3 is 2.69 bits per heavy atom. The van der Waals surface area contributed by atoms with E-state index in [9.17, 15) is 9.18 Å². The van der Waals surface area contributed by atoms with Gasteiger partial charge in [0, 0.05) is 5.56 Å². The molecule has 0 saturated carbocycles. The summed E-state index contributed by atoms with van der Waals surface area (Å²) in [5.74, 6) is -0.902. The van der Waals surface area contributed by atoms with Crippen LogP contribution in [0.2, 0.25) is 0 Å². The summed E-state index contributed by atoms with van der Waals surface area (Å²) >= 11 is 2.81. The largest absolute Gasteiger partial charge is 0.345 e. The lowest BCUT2D eigenvalue weighted by molar-refractivity contribution is -0.191. The van der Waals surface area contributed by atoms with E-state index >= 15 is 0 Å². The van der Waals surface area contributed by atoms with Crippen LogP contribution < -0.4 is 5.32 Å². The van der Waals surface area contributed by atoms with Gasteiger partial charge < -0.3 is 19.5 Å². The van der Waals surface area contributed by atoms with E-state index in [1.807, 2.05) is 6.07 Å². The van der Waals surface area contributed by atoms with Gasteiger partial charge in [0.2, 0.25) is 0 Å². The molecule has 0 spiro atoms. The Morgan fingerprint density at radius 1 is 1.19 bits per heavy atom. The zero-order valence-electron chi connectivity index (χ0n) is 17.1. The molecule has 0 aliphatic carbocycles. The van der Waals surface area contributed by atoms with Crippen molar-refractivity contribution in [3.05, 3.63) is 59.4 Å². The Kier molecular flexibility index (Phi) is 5.28. The third-order valence-electron chi connectivity index (χ3n) is 5.26. The highest BCUT2D eigenvalue weighted by Crippen LogP contribution is 2.44. The fourth-order valence-electron chi connectivity index (χ4n) is 3.99. The first-order chi connectivity index (χ1) is 15.3. The number of benzene rings is 1. The van der Waals surface area contributed by atoms with Crippen LogP contribution in [0.1, 0.15) is 30.4 Å². The molecular formula is C21H19BrFN5O4. The van der Waals surface area contributed by atoms with E-state index in [4.69, 9.17) is 14.2 Å². The molecule has 9 nitrogen and oxygen atoms in total. The minimum atomic E-state index is -0.855. The summed E-state index contributed by atoms with van der Waals surface area (Å²) < 4.78 is 32.7. The van der Waals surface area contributed by atoms with Gasteiger partial charge in [0.1, 0.15) is 24.6 Å². The second-order valence-corrected chi connectivity index (χ2v) is 8.64. The predicted molar refractivity (Wildman–Crippen MR) is 116 cm³/mol. The van der Waals surface area contributed by atoms with Crippen LogP contribution in [0, 0.1) is 0 Å². The lowest BCUT2D eigenvalue weighted by Gasteiger charge is -2.23. The maximum atomic E-state index is 13.6. The molecule has 1 amide bonds. The van der Waals surface area contributed by atoms with Crippen LogP contribution in [0.15, 0.2) is 53.8 Å². The van der Waals surface area contributed by atoms with Gasteiger partial charge in [-0.2, -0.15) is 4.39 Å². The molecule has 4 atom stereocenters. The molecule has 0 radical (unpaired) electrons. The van der Waals surface area contributed by atoms with Crippen molar-refractivity contribution in [3.8, 4) is 0 Å². The number of nitrogens with one attached hydrogen (secondary N) is 1. The van der Waals surface area contributed by atoms with E-state index in [1.54, 1.807) is 42.7 Å². The van der Waals surface area contributed by atoms with Gasteiger partial charge in [-0.25, -0.2) is 15.0 Å². The molecule has 1 N–H and O–H groups in total. The van der Waals surface area contributed by atoms with E-state index in [-0.39, 0.29) is 11.7 Å². The van der Waals surface area contributed by atoms with Crippen LogP contribution in [-0.2, 0) is 14.2 Å². The molecule has 32 heavy (non-hydrogen) atoms. The maximum Gasteiger partial charge on any atom is 0.256 e. The first-order valence-corrected chi connectivity index (χ1v) is 10.7. The van der Waals surface area contributed by atoms with Gasteiger partial charge in [0.05, 0.1) is 6.33 Å². The van der Waals surface area contributed by atoms with Gasteiger partial charge in [-0.15, -0.1) is 0 Å². The lowest BCUT2D eigenvalue weighted by atomic mass is 10.1. The number of carbonyl (C=O) groups is 1. The highest BCUT2D eigenvalue weighted by Gasteiger charge is 2.55. The molecular weight excluding hydrogens is 485 g/mol. The lowest BCUT2D eigenvalue weighted by Crippen LogP contribution is -2.28. The number of carbonyl (C=O) groups excluding carboxylic acids is 1. The number of aromatic nitrogens is 4. The smallest absolute Gasteiger partial charge is 0.256 e. The van der Waals surface area contributed by atoms with Crippen molar-refractivity contribution in [1.82, 2.24) is 19.5 Å². The van der Waals surface area contributed by atoms with Crippen LogP contribution in [0.5, 0.6) is 0 Å². The average molecular weight is 504 g/mol. The Hall–Kier alpha value is -2.73. The SMILES string of the molecule is CC1(C)O[C@@H]2[C@H](O1)[C@@H](/C=C(/F)Br)O[C@H]2n1cnc2c(NC(=O)c3ccccc3)ncnc21. The number of rotatable bonds is 4. The summed E-state index contributed by atoms with van der Waals surface area (Å²) in [5.41, 5.74) is 1.32. The van der Waals surface area contributed by atoms with Crippen LogP contribution in [0.3, 0.4) is 0 Å². The number of amides is 1. The molecule has 5 rings (SSSR count). The first-order valence-electron chi connectivity index (χ1n) is 9.90. The molecule has 0 unspecified atom stereocenters. The molecule has 2 aromatic heterocycles.